The number of thioether (sulfide) groups is 1. The summed E-state index contributed by atoms with van der Waals surface area (Å²) in [4.78, 5) is 13.1. The van der Waals surface area contributed by atoms with Gasteiger partial charge in [0.1, 0.15) is 5.69 Å². The molecule has 1 aromatic carbocycles. The van der Waals surface area contributed by atoms with E-state index < -0.39 is 0 Å². The smallest absolute Gasteiger partial charge is 0.237 e. The van der Waals surface area contributed by atoms with Crippen LogP contribution in [0.25, 0.3) is 22.0 Å². The Kier molecular flexibility index (Phi) is 5.13. The second-order valence-corrected chi connectivity index (χ2v) is 7.82. The van der Waals surface area contributed by atoms with Crippen LogP contribution in [0, 0.1) is 6.92 Å². The molecule has 10 heteroatoms. The fourth-order valence-corrected chi connectivity index (χ4v) is 3.81. The monoisotopic (exact) mass is 412 g/mol. The molecule has 1 amide bonds. The van der Waals surface area contributed by atoms with E-state index in [4.69, 9.17) is 10.4 Å². The number of thiophene rings is 1. The minimum atomic E-state index is -0.253. The number of aromatic nitrogens is 4. The molecule has 142 valence electrons. The minimum absolute atomic E-state index is 0.111. The molecule has 28 heavy (non-hydrogen) atoms. The summed E-state index contributed by atoms with van der Waals surface area (Å²) >= 11 is 2.71. The third-order valence-electron chi connectivity index (χ3n) is 3.86. The van der Waals surface area contributed by atoms with Crippen LogP contribution in [-0.2, 0) is 4.79 Å². The van der Waals surface area contributed by atoms with Crippen LogP contribution in [0.2, 0.25) is 0 Å². The highest BCUT2D eigenvalue weighted by Gasteiger charge is 2.15. The molecule has 0 unspecified atom stereocenters. The molecule has 4 aromatic rings. The van der Waals surface area contributed by atoms with Crippen LogP contribution in [0.3, 0.4) is 0 Å². The summed E-state index contributed by atoms with van der Waals surface area (Å²) in [5.41, 5.74) is 2.74. The molecule has 3 N–H and O–H groups in total. The highest BCUT2D eigenvalue weighted by Crippen LogP contribution is 2.26. The summed E-state index contributed by atoms with van der Waals surface area (Å²) in [6.45, 7) is 2.02. The van der Waals surface area contributed by atoms with Gasteiger partial charge in [-0.05, 0) is 18.4 Å². The van der Waals surface area contributed by atoms with Crippen molar-refractivity contribution in [2.45, 2.75) is 12.1 Å². The van der Waals surface area contributed by atoms with Crippen LogP contribution in [0.1, 0.15) is 5.56 Å². The number of nitrogens with zero attached hydrogens (tertiary/aromatic N) is 4. The number of carbonyl (C=O) groups is 1. The maximum absolute atomic E-state index is 12.2. The van der Waals surface area contributed by atoms with E-state index in [1.807, 2.05) is 48.7 Å². The lowest BCUT2D eigenvalue weighted by Gasteiger charge is -2.02. The first-order chi connectivity index (χ1) is 13.6. The van der Waals surface area contributed by atoms with Crippen molar-refractivity contribution in [3.63, 3.8) is 0 Å². The topological polar surface area (TPSA) is 112 Å². The van der Waals surface area contributed by atoms with Crippen LogP contribution in [0.15, 0.2) is 57.5 Å². The van der Waals surface area contributed by atoms with Crippen molar-refractivity contribution in [2.24, 2.45) is 0 Å². The van der Waals surface area contributed by atoms with Gasteiger partial charge in [0.2, 0.25) is 16.9 Å². The maximum Gasteiger partial charge on any atom is 0.237 e. The molecule has 3 heterocycles. The van der Waals surface area contributed by atoms with E-state index in [0.29, 0.717) is 16.7 Å². The zero-order valence-electron chi connectivity index (χ0n) is 14.8. The number of benzene rings is 1. The molecule has 0 fully saturated rings. The molecular formula is C18H16N6O2S2. The zero-order chi connectivity index (χ0) is 19.5. The normalized spacial score (nSPS) is 10.9. The number of amides is 1. The Balaban J connectivity index is 1.36. The Morgan fingerprint density at radius 3 is 2.86 bits per heavy atom. The number of nitrogen functional groups attached to an aromatic ring is 1. The predicted octanol–water partition coefficient (Wildman–Crippen LogP) is 3.41. The molecule has 0 aliphatic heterocycles. The van der Waals surface area contributed by atoms with Crippen molar-refractivity contribution in [2.75, 3.05) is 16.9 Å². The van der Waals surface area contributed by atoms with Crippen molar-refractivity contribution in [3.05, 3.63) is 53.4 Å². The molecule has 0 saturated heterocycles. The quantitative estimate of drug-likeness (QED) is 0.369. The second-order valence-electron chi connectivity index (χ2n) is 5.93. The number of nitrogens with two attached hydrogens (primary N) is 1. The van der Waals surface area contributed by atoms with Gasteiger partial charge in [0.25, 0.3) is 0 Å². The third kappa shape index (κ3) is 3.92. The average molecular weight is 413 g/mol. The van der Waals surface area contributed by atoms with Crippen molar-refractivity contribution in [3.8, 4) is 22.0 Å². The summed E-state index contributed by atoms with van der Waals surface area (Å²) in [5, 5.41) is 17.2. The molecule has 0 aliphatic carbocycles. The molecule has 0 aliphatic rings. The van der Waals surface area contributed by atoms with Gasteiger partial charge < -0.3 is 10.4 Å². The van der Waals surface area contributed by atoms with Crippen molar-refractivity contribution in [1.82, 2.24) is 20.0 Å². The van der Waals surface area contributed by atoms with Gasteiger partial charge in [0.05, 0.1) is 10.6 Å². The Hall–Kier alpha value is -3.11. The summed E-state index contributed by atoms with van der Waals surface area (Å²) in [7, 11) is 0. The van der Waals surface area contributed by atoms with Gasteiger partial charge in [-0.1, -0.05) is 52.8 Å². The van der Waals surface area contributed by atoms with E-state index >= 15 is 0 Å². The first-order valence-electron chi connectivity index (χ1n) is 8.31. The fourth-order valence-electron chi connectivity index (χ4n) is 2.45. The molecule has 0 spiro atoms. The first-order valence-corrected chi connectivity index (χ1v) is 10.2. The van der Waals surface area contributed by atoms with Crippen molar-refractivity contribution in [1.29, 1.82) is 0 Å². The maximum atomic E-state index is 12.2. The van der Waals surface area contributed by atoms with E-state index in [9.17, 15) is 4.79 Å². The third-order valence-corrected chi connectivity index (χ3v) is 5.67. The van der Waals surface area contributed by atoms with Crippen molar-refractivity contribution >= 4 is 34.9 Å². The number of rotatable bonds is 6. The largest absolute Gasteiger partial charge is 0.338 e. The molecule has 0 radical (unpaired) electrons. The van der Waals surface area contributed by atoms with Gasteiger partial charge >= 0.3 is 0 Å². The lowest BCUT2D eigenvalue weighted by atomic mass is 10.1. The standard InChI is InChI=1S/C18H16N6O2S2/c1-11-4-6-12(7-5-11)13-9-16(26-23-13)20-15(25)10-28-18-22-21-17(24(18)19)14-3-2-8-27-14/h2-9H,10,19H2,1H3,(H,20,25). The Bertz CT molecular complexity index is 1090. The number of hydrogen-bond acceptors (Lipinski definition) is 8. The van der Waals surface area contributed by atoms with Gasteiger partial charge in [-0.3, -0.25) is 10.1 Å². The molecular weight excluding hydrogens is 396 g/mol. The number of hydrogen-bond donors (Lipinski definition) is 2. The van der Waals surface area contributed by atoms with E-state index in [2.05, 4.69) is 20.7 Å². The summed E-state index contributed by atoms with van der Waals surface area (Å²) in [6.07, 6.45) is 0. The van der Waals surface area contributed by atoms with Crippen molar-refractivity contribution < 1.29 is 9.32 Å². The van der Waals surface area contributed by atoms with Crippen LogP contribution < -0.4 is 11.2 Å². The van der Waals surface area contributed by atoms with Gasteiger partial charge in [-0.25, -0.2) is 4.68 Å². The Labute approximate surface area is 168 Å². The van der Waals surface area contributed by atoms with Gasteiger partial charge in [0.15, 0.2) is 5.82 Å². The number of aryl methyl sites for hydroxylation is 1. The van der Waals surface area contributed by atoms with Crippen LogP contribution in [-0.4, -0.2) is 31.7 Å². The summed E-state index contributed by atoms with van der Waals surface area (Å²) in [6, 6.07) is 13.4. The highest BCUT2D eigenvalue weighted by molar-refractivity contribution is 7.99. The number of nitrogens with one attached hydrogen (secondary N) is 1. The Morgan fingerprint density at radius 1 is 1.29 bits per heavy atom. The summed E-state index contributed by atoms with van der Waals surface area (Å²) in [5.74, 6) is 6.74. The number of anilines is 1. The van der Waals surface area contributed by atoms with E-state index in [-0.39, 0.29) is 17.5 Å². The van der Waals surface area contributed by atoms with E-state index in [1.54, 1.807) is 6.07 Å². The van der Waals surface area contributed by atoms with Crippen LogP contribution in [0.5, 0.6) is 0 Å². The van der Waals surface area contributed by atoms with E-state index in [1.165, 1.54) is 27.8 Å². The fraction of sp³-hybridized carbons (Fsp3) is 0.111. The molecule has 8 nitrogen and oxygen atoms in total. The van der Waals surface area contributed by atoms with Crippen LogP contribution in [0.4, 0.5) is 5.88 Å². The van der Waals surface area contributed by atoms with Gasteiger partial charge in [-0.2, -0.15) is 0 Å². The second kappa shape index (κ2) is 7.87. The van der Waals surface area contributed by atoms with Crippen LogP contribution >= 0.6 is 23.1 Å². The highest BCUT2D eigenvalue weighted by atomic mass is 32.2. The van der Waals surface area contributed by atoms with Gasteiger partial charge in [0, 0.05) is 11.6 Å². The average Bonchev–Trinajstić information content (AvgIpc) is 3.42. The SMILES string of the molecule is Cc1ccc(-c2cc(NC(=O)CSc3nnc(-c4cccs4)n3N)on2)cc1. The van der Waals surface area contributed by atoms with E-state index in [0.717, 1.165) is 16.0 Å². The number of carbonyl (C=O) groups excluding carboxylic acids is 1. The molecule has 0 saturated carbocycles. The molecule has 4 rings (SSSR count). The Morgan fingerprint density at radius 2 is 2.11 bits per heavy atom. The minimum Gasteiger partial charge on any atom is -0.338 e. The first kappa shape index (κ1) is 18.3. The molecule has 0 bridgehead atoms. The molecule has 0 atom stereocenters. The lowest BCUT2D eigenvalue weighted by Crippen LogP contribution is -2.16. The van der Waals surface area contributed by atoms with Gasteiger partial charge in [-0.15, -0.1) is 21.5 Å². The zero-order valence-corrected chi connectivity index (χ0v) is 16.5. The predicted molar refractivity (Wildman–Crippen MR) is 110 cm³/mol. The summed E-state index contributed by atoms with van der Waals surface area (Å²) < 4.78 is 6.58. The lowest BCUT2D eigenvalue weighted by molar-refractivity contribution is -0.113. The molecule has 3 aromatic heterocycles.